The van der Waals surface area contributed by atoms with E-state index in [-0.39, 0.29) is 35.7 Å². The minimum Gasteiger partial charge on any atom is -0.329 e. The van der Waals surface area contributed by atoms with Crippen LogP contribution in [0.2, 0.25) is 0 Å². The molecule has 2 aromatic rings. The molecule has 1 saturated heterocycles. The second-order valence-corrected chi connectivity index (χ2v) is 6.16. The molecule has 0 aliphatic carbocycles. The second-order valence-electron chi connectivity index (χ2n) is 6.16. The zero-order valence-corrected chi connectivity index (χ0v) is 14.4. The number of nitrogens with zero attached hydrogens (tertiary/aromatic N) is 2. The highest BCUT2D eigenvalue weighted by Crippen LogP contribution is 2.23. The molecule has 28 heavy (non-hydrogen) atoms. The number of hydroxylamine groups is 2. The third-order valence-electron chi connectivity index (χ3n) is 4.40. The van der Waals surface area contributed by atoms with Crippen LogP contribution in [0.3, 0.4) is 0 Å². The smallest absolute Gasteiger partial charge is 0.329 e. The first-order chi connectivity index (χ1) is 13.5. The summed E-state index contributed by atoms with van der Waals surface area (Å²) in [6.45, 7) is 0.0297. The quantitative estimate of drug-likeness (QED) is 0.629. The van der Waals surface area contributed by atoms with Crippen molar-refractivity contribution in [3.8, 4) is 0 Å². The van der Waals surface area contributed by atoms with E-state index in [0.29, 0.717) is 10.6 Å². The fraction of sp³-hybridized carbons (Fsp3) is 0.105. The number of carbonyl (C=O) groups excluding carboxylic acids is 5. The van der Waals surface area contributed by atoms with Gasteiger partial charge in [-0.3, -0.25) is 19.3 Å². The zero-order chi connectivity index (χ0) is 19.8. The molecule has 2 aromatic carbocycles. The number of urea groups is 1. The van der Waals surface area contributed by atoms with Crippen molar-refractivity contribution >= 4 is 29.7 Å². The van der Waals surface area contributed by atoms with Crippen molar-refractivity contribution in [1.29, 1.82) is 0 Å². The molecule has 9 heteroatoms. The lowest BCUT2D eigenvalue weighted by Crippen LogP contribution is -2.32. The lowest BCUT2D eigenvalue weighted by atomic mass is 10.1. The highest BCUT2D eigenvalue weighted by molar-refractivity contribution is 6.21. The molecule has 0 aromatic heterocycles. The van der Waals surface area contributed by atoms with Gasteiger partial charge in [-0.05, 0) is 29.8 Å². The van der Waals surface area contributed by atoms with Crippen LogP contribution in [0.1, 0.15) is 36.6 Å². The van der Waals surface area contributed by atoms with E-state index in [2.05, 4.69) is 5.32 Å². The SMILES string of the molecule is O=C(ON1C(=O)c2ccccc2C1=O)c1ccc(CN2C(=O)CNC2=O)cc1. The standard InChI is InChI=1S/C19H13N3O6/c23-15-9-20-19(27)21(15)10-11-5-7-12(8-6-11)18(26)28-22-16(24)13-3-1-2-4-14(13)17(22)25/h1-8H,9-10H2,(H,20,27). The van der Waals surface area contributed by atoms with Gasteiger partial charge in [0, 0.05) is 0 Å². The maximum absolute atomic E-state index is 12.3. The number of benzene rings is 2. The Labute approximate surface area is 158 Å². The van der Waals surface area contributed by atoms with E-state index in [9.17, 15) is 24.0 Å². The summed E-state index contributed by atoms with van der Waals surface area (Å²) in [5.74, 6) is -2.62. The lowest BCUT2D eigenvalue weighted by Gasteiger charge is -2.14. The molecular weight excluding hydrogens is 366 g/mol. The van der Waals surface area contributed by atoms with E-state index in [0.717, 1.165) is 4.90 Å². The van der Waals surface area contributed by atoms with Crippen molar-refractivity contribution in [2.24, 2.45) is 0 Å². The Bertz CT molecular complexity index is 979. The molecule has 0 spiro atoms. The number of carbonyl (C=O) groups is 5. The van der Waals surface area contributed by atoms with Crippen LogP contribution in [-0.4, -0.2) is 46.2 Å². The van der Waals surface area contributed by atoms with E-state index in [1.54, 1.807) is 24.3 Å². The number of nitrogens with one attached hydrogen (secondary N) is 1. The maximum atomic E-state index is 12.3. The number of amides is 5. The molecule has 5 amide bonds. The van der Waals surface area contributed by atoms with Crippen molar-refractivity contribution in [1.82, 2.24) is 15.3 Å². The van der Waals surface area contributed by atoms with E-state index in [1.165, 1.54) is 24.3 Å². The summed E-state index contributed by atoms with van der Waals surface area (Å²) in [6.07, 6.45) is 0. The minimum atomic E-state index is -0.879. The first kappa shape index (κ1) is 17.4. The monoisotopic (exact) mass is 379 g/mol. The highest BCUT2D eigenvalue weighted by Gasteiger charge is 2.38. The van der Waals surface area contributed by atoms with Crippen LogP contribution in [0.25, 0.3) is 0 Å². The second kappa shape index (κ2) is 6.62. The molecule has 140 valence electrons. The molecule has 4 rings (SSSR count). The first-order valence-corrected chi connectivity index (χ1v) is 8.33. The molecule has 0 unspecified atom stereocenters. The van der Waals surface area contributed by atoms with Gasteiger partial charge in [-0.2, -0.15) is 0 Å². The van der Waals surface area contributed by atoms with Gasteiger partial charge in [0.05, 0.1) is 29.8 Å². The first-order valence-electron chi connectivity index (χ1n) is 8.33. The summed E-state index contributed by atoms with van der Waals surface area (Å²) in [7, 11) is 0. The van der Waals surface area contributed by atoms with Crippen LogP contribution in [0.4, 0.5) is 4.79 Å². The molecule has 1 N–H and O–H groups in total. The van der Waals surface area contributed by atoms with Crippen molar-refractivity contribution in [3.63, 3.8) is 0 Å². The third-order valence-corrected chi connectivity index (χ3v) is 4.40. The van der Waals surface area contributed by atoms with Crippen LogP contribution < -0.4 is 5.32 Å². The topological polar surface area (TPSA) is 113 Å². The molecule has 2 aliphatic rings. The Kier molecular flexibility index (Phi) is 4.11. The van der Waals surface area contributed by atoms with Crippen molar-refractivity contribution in [2.75, 3.05) is 6.54 Å². The van der Waals surface area contributed by atoms with Gasteiger partial charge in [-0.25, -0.2) is 9.59 Å². The predicted octanol–water partition coefficient (Wildman–Crippen LogP) is 1.11. The third kappa shape index (κ3) is 2.88. The average Bonchev–Trinajstić information content (AvgIpc) is 3.15. The van der Waals surface area contributed by atoms with Crippen LogP contribution in [-0.2, 0) is 16.2 Å². The van der Waals surface area contributed by atoms with E-state index < -0.39 is 23.8 Å². The van der Waals surface area contributed by atoms with Gasteiger partial charge in [0.25, 0.3) is 11.8 Å². The Balaban J connectivity index is 1.45. The molecule has 2 heterocycles. The fourth-order valence-electron chi connectivity index (χ4n) is 2.93. The maximum Gasteiger partial charge on any atom is 0.363 e. The molecule has 1 fully saturated rings. The molecular formula is C19H13N3O6. The molecule has 9 nitrogen and oxygen atoms in total. The van der Waals surface area contributed by atoms with Crippen LogP contribution in [0.15, 0.2) is 48.5 Å². The molecule has 0 atom stereocenters. The summed E-state index contributed by atoms with van der Waals surface area (Å²) in [5, 5.41) is 2.86. The summed E-state index contributed by atoms with van der Waals surface area (Å²) in [6, 6.07) is 11.7. The Hall–Kier alpha value is -4.01. The van der Waals surface area contributed by atoms with Gasteiger partial charge in [0.1, 0.15) is 0 Å². The number of hydrogen-bond acceptors (Lipinski definition) is 6. The fourth-order valence-corrected chi connectivity index (χ4v) is 2.93. The van der Waals surface area contributed by atoms with E-state index in [4.69, 9.17) is 4.84 Å². The van der Waals surface area contributed by atoms with Gasteiger partial charge < -0.3 is 10.2 Å². The van der Waals surface area contributed by atoms with E-state index in [1.807, 2.05) is 0 Å². The summed E-state index contributed by atoms with van der Waals surface area (Å²) in [4.78, 5) is 66.0. The number of fused-ring (bicyclic) bond motifs is 1. The van der Waals surface area contributed by atoms with Crippen molar-refractivity contribution in [2.45, 2.75) is 6.54 Å². The molecule has 0 bridgehead atoms. The van der Waals surface area contributed by atoms with Gasteiger partial charge in [-0.15, -0.1) is 0 Å². The van der Waals surface area contributed by atoms with Gasteiger partial charge in [0.2, 0.25) is 5.91 Å². The normalized spacial score (nSPS) is 15.7. The minimum absolute atomic E-state index is 0.0382. The van der Waals surface area contributed by atoms with Gasteiger partial charge in [-0.1, -0.05) is 29.3 Å². The largest absolute Gasteiger partial charge is 0.363 e. The summed E-state index contributed by atoms with van der Waals surface area (Å²) in [5.41, 5.74) is 1.08. The van der Waals surface area contributed by atoms with E-state index >= 15 is 0 Å². The highest BCUT2D eigenvalue weighted by atomic mass is 16.7. The average molecular weight is 379 g/mol. The molecule has 2 aliphatic heterocycles. The van der Waals surface area contributed by atoms with Crippen LogP contribution >= 0.6 is 0 Å². The number of imide groups is 2. The molecule has 0 saturated carbocycles. The van der Waals surface area contributed by atoms with Crippen molar-refractivity contribution < 1.29 is 28.8 Å². The number of hydrogen-bond donors (Lipinski definition) is 1. The zero-order valence-electron chi connectivity index (χ0n) is 14.4. The Morgan fingerprint density at radius 2 is 1.54 bits per heavy atom. The van der Waals surface area contributed by atoms with Gasteiger partial charge >= 0.3 is 12.0 Å². The van der Waals surface area contributed by atoms with Gasteiger partial charge in [0.15, 0.2) is 0 Å². The van der Waals surface area contributed by atoms with Crippen LogP contribution in [0, 0.1) is 0 Å². The van der Waals surface area contributed by atoms with Crippen LogP contribution in [0.5, 0.6) is 0 Å². The van der Waals surface area contributed by atoms with Crippen molar-refractivity contribution in [3.05, 3.63) is 70.8 Å². The Morgan fingerprint density at radius 3 is 2.07 bits per heavy atom. The predicted molar refractivity (Wildman–Crippen MR) is 92.7 cm³/mol. The summed E-state index contributed by atoms with van der Waals surface area (Å²) >= 11 is 0. The lowest BCUT2D eigenvalue weighted by molar-refractivity contribution is -0.125. The summed E-state index contributed by atoms with van der Waals surface area (Å²) < 4.78 is 0. The molecule has 0 radical (unpaired) electrons. The Morgan fingerprint density at radius 1 is 0.929 bits per heavy atom. The number of rotatable bonds is 4.